The number of carbonyl (C=O) groups excluding carboxylic acids is 2. The van der Waals surface area contributed by atoms with E-state index < -0.39 is 0 Å². The molecule has 0 saturated carbocycles. The van der Waals surface area contributed by atoms with Crippen LogP contribution in [0.3, 0.4) is 0 Å². The largest absolute Gasteiger partial charge is 0.462 e. The summed E-state index contributed by atoms with van der Waals surface area (Å²) in [6.45, 7) is 7.77. The van der Waals surface area contributed by atoms with E-state index in [0.29, 0.717) is 37.3 Å². The van der Waals surface area contributed by atoms with Crippen LogP contribution in [0.2, 0.25) is 0 Å². The van der Waals surface area contributed by atoms with Crippen LogP contribution in [0, 0.1) is 12.7 Å². The third-order valence-corrected chi connectivity index (χ3v) is 3.80. The molecule has 1 aromatic carbocycles. The van der Waals surface area contributed by atoms with Gasteiger partial charge in [-0.15, -0.1) is 0 Å². The second-order valence-electron chi connectivity index (χ2n) is 6.07. The highest BCUT2D eigenvalue weighted by Crippen LogP contribution is 2.13. The van der Waals surface area contributed by atoms with Gasteiger partial charge in [0.1, 0.15) is 5.82 Å². The van der Waals surface area contributed by atoms with Crippen LogP contribution >= 0.6 is 0 Å². The van der Waals surface area contributed by atoms with E-state index in [2.05, 4.69) is 0 Å². The minimum Gasteiger partial charge on any atom is -0.462 e. The number of rotatable bonds is 4. The van der Waals surface area contributed by atoms with Gasteiger partial charge in [-0.3, -0.25) is 14.5 Å². The maximum absolute atomic E-state index is 13.6. The number of benzene rings is 1. The van der Waals surface area contributed by atoms with Gasteiger partial charge in [0.05, 0.1) is 12.6 Å². The molecule has 0 aliphatic carbocycles. The van der Waals surface area contributed by atoms with Gasteiger partial charge < -0.3 is 9.64 Å². The highest BCUT2D eigenvalue weighted by Gasteiger charge is 2.24. The van der Waals surface area contributed by atoms with Gasteiger partial charge in [-0.05, 0) is 38.5 Å². The van der Waals surface area contributed by atoms with Crippen LogP contribution in [0.4, 0.5) is 4.39 Å². The number of esters is 1. The first-order valence-corrected chi connectivity index (χ1v) is 7.84. The lowest BCUT2D eigenvalue weighted by molar-refractivity contribution is -0.149. The van der Waals surface area contributed by atoms with Gasteiger partial charge in [-0.1, -0.05) is 6.07 Å². The Morgan fingerprint density at radius 1 is 1.22 bits per heavy atom. The van der Waals surface area contributed by atoms with E-state index in [1.807, 2.05) is 18.7 Å². The lowest BCUT2D eigenvalue weighted by atomic mass is 10.1. The van der Waals surface area contributed by atoms with Gasteiger partial charge in [0.25, 0.3) is 5.91 Å². The van der Waals surface area contributed by atoms with Crippen LogP contribution < -0.4 is 0 Å². The molecular weight excluding hydrogens is 299 g/mol. The molecular formula is C17H23FN2O3. The molecule has 2 rings (SSSR count). The van der Waals surface area contributed by atoms with Crippen LogP contribution in [0.5, 0.6) is 0 Å². The van der Waals surface area contributed by atoms with Crippen molar-refractivity contribution in [2.75, 3.05) is 32.7 Å². The fraction of sp³-hybridized carbons (Fsp3) is 0.529. The number of halogens is 1. The van der Waals surface area contributed by atoms with Gasteiger partial charge in [0, 0.05) is 31.7 Å². The van der Waals surface area contributed by atoms with E-state index >= 15 is 0 Å². The second-order valence-corrected chi connectivity index (χ2v) is 6.07. The normalized spacial score (nSPS) is 15.8. The molecule has 126 valence electrons. The summed E-state index contributed by atoms with van der Waals surface area (Å²) >= 11 is 0. The van der Waals surface area contributed by atoms with E-state index in [1.54, 1.807) is 24.0 Å². The average Bonchev–Trinajstić information content (AvgIpc) is 2.49. The molecule has 0 atom stereocenters. The molecule has 1 aromatic rings. The summed E-state index contributed by atoms with van der Waals surface area (Å²) in [7, 11) is 0. The summed E-state index contributed by atoms with van der Waals surface area (Å²) in [5.41, 5.74) is 0.885. The molecule has 1 fully saturated rings. The maximum atomic E-state index is 13.6. The topological polar surface area (TPSA) is 49.9 Å². The standard InChI is InChI=1S/C17H23FN2O3/c1-12(2)23-16(21)11-19-6-8-20(9-7-19)17(22)14-5-4-13(3)15(18)10-14/h4-5,10,12H,6-9,11H2,1-3H3. The van der Waals surface area contributed by atoms with Crippen molar-refractivity contribution in [3.8, 4) is 0 Å². The van der Waals surface area contributed by atoms with Crippen LogP contribution in [0.1, 0.15) is 29.8 Å². The zero-order chi connectivity index (χ0) is 17.0. The van der Waals surface area contributed by atoms with Crippen molar-refractivity contribution in [1.82, 2.24) is 9.80 Å². The molecule has 0 bridgehead atoms. The Morgan fingerprint density at radius 2 is 1.87 bits per heavy atom. The van der Waals surface area contributed by atoms with Gasteiger partial charge in [0.15, 0.2) is 0 Å². The molecule has 6 heteroatoms. The number of piperazine rings is 1. The van der Waals surface area contributed by atoms with Crippen molar-refractivity contribution < 1.29 is 18.7 Å². The van der Waals surface area contributed by atoms with Crippen LogP contribution in [-0.4, -0.2) is 60.5 Å². The summed E-state index contributed by atoms with van der Waals surface area (Å²) in [6, 6.07) is 4.54. The monoisotopic (exact) mass is 322 g/mol. The zero-order valence-corrected chi connectivity index (χ0v) is 13.8. The molecule has 1 aliphatic heterocycles. The van der Waals surface area contributed by atoms with Crippen LogP contribution in [-0.2, 0) is 9.53 Å². The molecule has 0 radical (unpaired) electrons. The van der Waals surface area contributed by atoms with Gasteiger partial charge in [-0.25, -0.2) is 4.39 Å². The van der Waals surface area contributed by atoms with Gasteiger partial charge in [-0.2, -0.15) is 0 Å². The van der Waals surface area contributed by atoms with Crippen LogP contribution in [0.25, 0.3) is 0 Å². The summed E-state index contributed by atoms with van der Waals surface area (Å²) < 4.78 is 18.7. The number of amides is 1. The lowest BCUT2D eigenvalue weighted by Crippen LogP contribution is -2.50. The molecule has 0 unspecified atom stereocenters. The zero-order valence-electron chi connectivity index (χ0n) is 13.8. The minimum absolute atomic E-state index is 0.123. The minimum atomic E-state index is -0.370. The van der Waals surface area contributed by atoms with Gasteiger partial charge >= 0.3 is 5.97 Å². The third-order valence-electron chi connectivity index (χ3n) is 3.80. The third kappa shape index (κ3) is 4.76. The lowest BCUT2D eigenvalue weighted by Gasteiger charge is -2.34. The van der Waals surface area contributed by atoms with E-state index in [-0.39, 0.29) is 30.3 Å². The number of ether oxygens (including phenoxy) is 1. The second kappa shape index (κ2) is 7.55. The smallest absolute Gasteiger partial charge is 0.320 e. The van der Waals surface area contributed by atoms with E-state index in [1.165, 1.54) is 6.07 Å². The fourth-order valence-electron chi connectivity index (χ4n) is 2.50. The summed E-state index contributed by atoms with van der Waals surface area (Å²) in [4.78, 5) is 27.7. The quantitative estimate of drug-likeness (QED) is 0.794. The highest BCUT2D eigenvalue weighted by molar-refractivity contribution is 5.94. The molecule has 1 heterocycles. The maximum Gasteiger partial charge on any atom is 0.320 e. The average molecular weight is 322 g/mol. The van der Waals surface area contributed by atoms with Crippen molar-refractivity contribution >= 4 is 11.9 Å². The predicted molar refractivity (Wildman–Crippen MR) is 84.7 cm³/mol. The van der Waals surface area contributed by atoms with Crippen LogP contribution in [0.15, 0.2) is 18.2 Å². The molecule has 1 saturated heterocycles. The van der Waals surface area contributed by atoms with E-state index in [4.69, 9.17) is 4.74 Å². The van der Waals surface area contributed by atoms with Crippen molar-refractivity contribution in [2.45, 2.75) is 26.9 Å². The number of nitrogens with zero attached hydrogens (tertiary/aromatic N) is 2. The molecule has 1 amide bonds. The Hall–Kier alpha value is -1.95. The Labute approximate surface area is 136 Å². The summed E-state index contributed by atoms with van der Waals surface area (Å²) in [6.07, 6.45) is -0.123. The first kappa shape index (κ1) is 17.4. The Kier molecular flexibility index (Phi) is 5.71. The SMILES string of the molecule is Cc1ccc(C(=O)N2CCN(CC(=O)OC(C)C)CC2)cc1F. The Balaban J connectivity index is 1.87. The molecule has 0 N–H and O–H groups in total. The van der Waals surface area contributed by atoms with Gasteiger partial charge in [0.2, 0.25) is 0 Å². The van der Waals surface area contributed by atoms with E-state index in [9.17, 15) is 14.0 Å². The predicted octanol–water partition coefficient (Wildman–Crippen LogP) is 1.84. The molecule has 5 nitrogen and oxygen atoms in total. The first-order valence-electron chi connectivity index (χ1n) is 7.84. The Morgan fingerprint density at radius 3 is 2.43 bits per heavy atom. The summed E-state index contributed by atoms with van der Waals surface area (Å²) in [5.74, 6) is -0.792. The number of hydrogen-bond acceptors (Lipinski definition) is 4. The summed E-state index contributed by atoms with van der Waals surface area (Å²) in [5, 5.41) is 0. The number of hydrogen-bond donors (Lipinski definition) is 0. The fourth-order valence-corrected chi connectivity index (χ4v) is 2.50. The molecule has 0 aromatic heterocycles. The van der Waals surface area contributed by atoms with Crippen molar-refractivity contribution in [3.05, 3.63) is 35.1 Å². The molecule has 0 spiro atoms. The number of aryl methyl sites for hydroxylation is 1. The Bertz CT molecular complexity index is 581. The van der Waals surface area contributed by atoms with Crippen molar-refractivity contribution in [3.63, 3.8) is 0 Å². The number of carbonyl (C=O) groups is 2. The highest BCUT2D eigenvalue weighted by atomic mass is 19.1. The molecule has 1 aliphatic rings. The van der Waals surface area contributed by atoms with Crippen molar-refractivity contribution in [1.29, 1.82) is 0 Å². The molecule has 23 heavy (non-hydrogen) atoms. The van der Waals surface area contributed by atoms with E-state index in [0.717, 1.165) is 0 Å². The first-order chi connectivity index (χ1) is 10.9. The van der Waals surface area contributed by atoms with Crippen molar-refractivity contribution in [2.24, 2.45) is 0 Å².